The van der Waals surface area contributed by atoms with Crippen molar-refractivity contribution in [1.29, 1.82) is 0 Å². The zero-order valence-electron chi connectivity index (χ0n) is 12.3. The summed E-state index contributed by atoms with van der Waals surface area (Å²) in [6.45, 7) is 7.20. The first-order chi connectivity index (χ1) is 9.11. The number of ether oxygens (including phenoxy) is 1. The van der Waals surface area contributed by atoms with Crippen LogP contribution in [0.1, 0.15) is 42.5 Å². The lowest BCUT2D eigenvalue weighted by Crippen LogP contribution is -2.49. The first kappa shape index (κ1) is 15.0. The number of likely N-dealkylation sites (tertiary alicyclic amines) is 1. The van der Waals surface area contributed by atoms with Gasteiger partial charge in [-0.25, -0.2) is 0 Å². The van der Waals surface area contributed by atoms with Crippen molar-refractivity contribution in [2.24, 2.45) is 5.73 Å². The maximum atomic E-state index is 6.04. The van der Waals surface area contributed by atoms with Crippen molar-refractivity contribution >= 4 is 11.3 Å². The van der Waals surface area contributed by atoms with Gasteiger partial charge in [0.25, 0.3) is 0 Å². The molecule has 0 aliphatic carbocycles. The highest BCUT2D eigenvalue weighted by molar-refractivity contribution is 7.12. The van der Waals surface area contributed by atoms with Crippen molar-refractivity contribution in [3.63, 3.8) is 0 Å². The van der Waals surface area contributed by atoms with E-state index in [1.165, 1.54) is 16.2 Å². The molecule has 0 bridgehead atoms. The Labute approximate surface area is 120 Å². The van der Waals surface area contributed by atoms with Gasteiger partial charge in [-0.2, -0.15) is 0 Å². The fraction of sp³-hybridized carbons (Fsp3) is 0.733. The number of methoxy groups -OCH3 is 1. The fourth-order valence-electron chi connectivity index (χ4n) is 2.89. The lowest BCUT2D eigenvalue weighted by Gasteiger charge is -2.42. The molecule has 0 radical (unpaired) electrons. The zero-order chi connectivity index (χ0) is 13.9. The Morgan fingerprint density at radius 2 is 2.32 bits per heavy atom. The van der Waals surface area contributed by atoms with E-state index in [0.29, 0.717) is 12.6 Å². The number of hydrogen-bond donors (Lipinski definition) is 1. The van der Waals surface area contributed by atoms with Gasteiger partial charge in [-0.05, 0) is 44.9 Å². The van der Waals surface area contributed by atoms with E-state index < -0.39 is 0 Å². The van der Waals surface area contributed by atoms with Gasteiger partial charge in [0.2, 0.25) is 0 Å². The summed E-state index contributed by atoms with van der Waals surface area (Å²) >= 11 is 1.90. The molecule has 4 heteroatoms. The Morgan fingerprint density at radius 1 is 1.53 bits per heavy atom. The van der Waals surface area contributed by atoms with Gasteiger partial charge in [-0.1, -0.05) is 6.92 Å². The van der Waals surface area contributed by atoms with E-state index in [9.17, 15) is 0 Å². The van der Waals surface area contributed by atoms with Gasteiger partial charge in [-0.15, -0.1) is 11.3 Å². The van der Waals surface area contributed by atoms with Crippen LogP contribution in [-0.2, 0) is 11.2 Å². The molecule has 0 aromatic carbocycles. The van der Waals surface area contributed by atoms with Gasteiger partial charge < -0.3 is 10.5 Å². The van der Waals surface area contributed by atoms with Crippen LogP contribution in [0.2, 0.25) is 0 Å². The predicted molar refractivity (Wildman–Crippen MR) is 81.7 cm³/mol. The predicted octanol–water partition coefficient (Wildman–Crippen LogP) is 2.81. The summed E-state index contributed by atoms with van der Waals surface area (Å²) in [5.74, 6) is 0. The van der Waals surface area contributed by atoms with Crippen LogP contribution in [0.4, 0.5) is 0 Å². The van der Waals surface area contributed by atoms with Crippen LogP contribution in [0.25, 0.3) is 0 Å². The largest absolute Gasteiger partial charge is 0.377 e. The standard InChI is InChI=1S/C15H26N2OS/c1-4-12-6-7-14(19-12)13(10-16)17-9-5-8-15(2,11-17)18-3/h6-7,13H,4-5,8-11,16H2,1-3H3. The minimum atomic E-state index is -0.0173. The third kappa shape index (κ3) is 3.37. The first-order valence-electron chi connectivity index (χ1n) is 7.19. The van der Waals surface area contributed by atoms with E-state index in [4.69, 9.17) is 10.5 Å². The van der Waals surface area contributed by atoms with E-state index >= 15 is 0 Å². The molecule has 2 unspecified atom stereocenters. The molecule has 108 valence electrons. The van der Waals surface area contributed by atoms with E-state index in [1.807, 2.05) is 18.4 Å². The average molecular weight is 282 g/mol. The SMILES string of the molecule is CCc1ccc(C(CN)N2CCCC(C)(OC)C2)s1. The molecule has 1 fully saturated rings. The fourth-order valence-corrected chi connectivity index (χ4v) is 3.99. The quantitative estimate of drug-likeness (QED) is 0.902. The smallest absolute Gasteiger partial charge is 0.0777 e. The second kappa shape index (κ2) is 6.35. The average Bonchev–Trinajstić information content (AvgIpc) is 2.89. The summed E-state index contributed by atoms with van der Waals surface area (Å²) in [7, 11) is 1.82. The number of nitrogens with two attached hydrogens (primary N) is 1. The van der Waals surface area contributed by atoms with Crippen LogP contribution in [0.15, 0.2) is 12.1 Å². The Hall–Kier alpha value is -0.420. The van der Waals surface area contributed by atoms with Crippen molar-refractivity contribution in [1.82, 2.24) is 4.90 Å². The minimum Gasteiger partial charge on any atom is -0.377 e. The highest BCUT2D eigenvalue weighted by Gasteiger charge is 2.34. The maximum absolute atomic E-state index is 6.04. The highest BCUT2D eigenvalue weighted by atomic mass is 32.1. The van der Waals surface area contributed by atoms with Crippen LogP contribution in [0, 0.1) is 0 Å². The van der Waals surface area contributed by atoms with Gasteiger partial charge in [0.15, 0.2) is 0 Å². The van der Waals surface area contributed by atoms with Crippen LogP contribution >= 0.6 is 11.3 Å². The molecule has 1 aromatic rings. The highest BCUT2D eigenvalue weighted by Crippen LogP contribution is 2.33. The minimum absolute atomic E-state index is 0.0173. The van der Waals surface area contributed by atoms with Crippen LogP contribution < -0.4 is 5.73 Å². The van der Waals surface area contributed by atoms with E-state index in [1.54, 1.807) is 0 Å². The molecule has 0 amide bonds. The third-order valence-electron chi connectivity index (χ3n) is 4.20. The molecule has 2 rings (SSSR count). The van der Waals surface area contributed by atoms with Crippen LogP contribution in [-0.4, -0.2) is 37.2 Å². The van der Waals surface area contributed by atoms with Crippen LogP contribution in [0.5, 0.6) is 0 Å². The molecule has 0 spiro atoms. The molecule has 0 saturated carbocycles. The maximum Gasteiger partial charge on any atom is 0.0777 e. The van der Waals surface area contributed by atoms with Gasteiger partial charge in [0.05, 0.1) is 11.6 Å². The van der Waals surface area contributed by atoms with Gasteiger partial charge in [0, 0.05) is 30.0 Å². The number of nitrogens with zero attached hydrogens (tertiary/aromatic N) is 1. The second-order valence-corrected chi connectivity index (χ2v) is 6.84. The number of rotatable bonds is 5. The molecular weight excluding hydrogens is 256 g/mol. The Balaban J connectivity index is 2.12. The molecule has 2 N–H and O–H groups in total. The monoisotopic (exact) mass is 282 g/mol. The molecule has 1 aromatic heterocycles. The molecule has 2 heterocycles. The number of hydrogen-bond acceptors (Lipinski definition) is 4. The summed E-state index contributed by atoms with van der Waals surface area (Å²) in [6, 6.07) is 4.84. The van der Waals surface area contributed by atoms with Gasteiger partial charge >= 0.3 is 0 Å². The van der Waals surface area contributed by atoms with Crippen molar-refractivity contribution in [3.05, 3.63) is 21.9 Å². The van der Waals surface area contributed by atoms with Gasteiger partial charge in [0.1, 0.15) is 0 Å². The Morgan fingerprint density at radius 3 is 2.89 bits per heavy atom. The number of thiophene rings is 1. The zero-order valence-corrected chi connectivity index (χ0v) is 13.1. The molecule has 1 saturated heterocycles. The summed E-state index contributed by atoms with van der Waals surface area (Å²) < 4.78 is 5.69. The molecule has 1 aliphatic rings. The Kier molecular flexibility index (Phi) is 5.01. The van der Waals surface area contributed by atoms with E-state index in [-0.39, 0.29) is 5.60 Å². The topological polar surface area (TPSA) is 38.5 Å². The van der Waals surface area contributed by atoms with Crippen molar-refractivity contribution < 1.29 is 4.74 Å². The lowest BCUT2D eigenvalue weighted by atomic mass is 9.93. The third-order valence-corrected chi connectivity index (χ3v) is 5.54. The van der Waals surface area contributed by atoms with Crippen molar-refractivity contribution in [2.45, 2.75) is 44.8 Å². The summed E-state index contributed by atoms with van der Waals surface area (Å²) in [5, 5.41) is 0. The normalized spacial score (nSPS) is 26.5. The van der Waals surface area contributed by atoms with E-state index in [2.05, 4.69) is 30.9 Å². The molecular formula is C15H26N2OS. The van der Waals surface area contributed by atoms with Crippen LogP contribution in [0.3, 0.4) is 0 Å². The first-order valence-corrected chi connectivity index (χ1v) is 8.01. The van der Waals surface area contributed by atoms with Gasteiger partial charge in [-0.3, -0.25) is 4.90 Å². The molecule has 1 aliphatic heterocycles. The number of aryl methyl sites for hydroxylation is 1. The van der Waals surface area contributed by atoms with Crippen molar-refractivity contribution in [2.75, 3.05) is 26.7 Å². The Bertz CT molecular complexity index is 407. The summed E-state index contributed by atoms with van der Waals surface area (Å²) in [5.41, 5.74) is 6.02. The summed E-state index contributed by atoms with van der Waals surface area (Å²) in [6.07, 6.45) is 3.44. The number of piperidine rings is 1. The molecule has 2 atom stereocenters. The summed E-state index contributed by atoms with van der Waals surface area (Å²) in [4.78, 5) is 5.35. The second-order valence-electron chi connectivity index (χ2n) is 5.64. The molecule has 3 nitrogen and oxygen atoms in total. The molecule has 19 heavy (non-hydrogen) atoms. The van der Waals surface area contributed by atoms with Crippen molar-refractivity contribution in [3.8, 4) is 0 Å². The lowest BCUT2D eigenvalue weighted by molar-refractivity contribution is -0.0605. The van der Waals surface area contributed by atoms with E-state index in [0.717, 1.165) is 25.9 Å².